The van der Waals surface area contributed by atoms with Crippen molar-refractivity contribution in [1.82, 2.24) is 4.90 Å². The lowest BCUT2D eigenvalue weighted by atomic mass is 10.1. The molecule has 0 fully saturated rings. The summed E-state index contributed by atoms with van der Waals surface area (Å²) in [7, 11) is 0. The number of ether oxygens (including phenoxy) is 1. The Morgan fingerprint density at radius 2 is 1.52 bits per heavy atom. The zero-order valence-electron chi connectivity index (χ0n) is 24.7. The van der Waals surface area contributed by atoms with Crippen LogP contribution in [-0.2, 0) is 17.8 Å². The first-order valence-electron chi connectivity index (χ1n) is 15.4. The molecule has 0 saturated carbocycles. The third kappa shape index (κ3) is 12.2. The predicted octanol–water partition coefficient (Wildman–Crippen LogP) is 9.99. The molecule has 1 amide bonds. The van der Waals surface area contributed by atoms with Crippen molar-refractivity contribution in [2.75, 3.05) is 23.9 Å². The Morgan fingerprint density at radius 3 is 2.10 bits per heavy atom. The van der Waals surface area contributed by atoms with Gasteiger partial charge in [0.05, 0.1) is 17.5 Å². The summed E-state index contributed by atoms with van der Waals surface area (Å²) in [5.74, 6) is 1.78. The molecular formula is C34H49ClN2O2S. The van der Waals surface area contributed by atoms with Gasteiger partial charge in [0.2, 0.25) is 5.91 Å². The number of anilines is 1. The average Bonchev–Trinajstić information content (AvgIpc) is 3.46. The fourth-order valence-corrected chi connectivity index (χ4v) is 6.05. The number of amides is 1. The lowest BCUT2D eigenvalue weighted by Gasteiger charge is -2.22. The molecular weight excluding hydrogens is 536 g/mol. The molecule has 0 aliphatic carbocycles. The number of hydrogen-bond acceptors (Lipinski definition) is 4. The van der Waals surface area contributed by atoms with Crippen LogP contribution in [0.2, 0.25) is 5.02 Å². The van der Waals surface area contributed by atoms with Crippen molar-refractivity contribution in [3.8, 4) is 5.75 Å². The van der Waals surface area contributed by atoms with Crippen LogP contribution in [0.1, 0.15) is 102 Å². The van der Waals surface area contributed by atoms with Crippen molar-refractivity contribution in [3.63, 3.8) is 0 Å². The summed E-state index contributed by atoms with van der Waals surface area (Å²) >= 11 is 8.35. The van der Waals surface area contributed by atoms with Gasteiger partial charge < -0.3 is 14.5 Å². The van der Waals surface area contributed by atoms with E-state index in [9.17, 15) is 4.79 Å². The van der Waals surface area contributed by atoms with E-state index in [4.69, 9.17) is 16.3 Å². The summed E-state index contributed by atoms with van der Waals surface area (Å²) in [6.45, 7) is 6.10. The van der Waals surface area contributed by atoms with Gasteiger partial charge in [0.15, 0.2) is 0 Å². The average molecular weight is 585 g/mol. The van der Waals surface area contributed by atoms with Crippen LogP contribution < -0.4 is 9.64 Å². The zero-order valence-corrected chi connectivity index (χ0v) is 26.3. The molecule has 0 bridgehead atoms. The quantitative estimate of drug-likeness (QED) is 0.145. The van der Waals surface area contributed by atoms with Crippen molar-refractivity contribution in [2.45, 2.75) is 104 Å². The van der Waals surface area contributed by atoms with Crippen LogP contribution in [0.15, 0.2) is 54.1 Å². The molecule has 0 radical (unpaired) electrons. The van der Waals surface area contributed by atoms with Crippen molar-refractivity contribution in [1.29, 1.82) is 0 Å². The van der Waals surface area contributed by atoms with Crippen molar-refractivity contribution >= 4 is 35.0 Å². The summed E-state index contributed by atoms with van der Waals surface area (Å²) in [6, 6.07) is 14.3. The molecule has 220 valence electrons. The second-order valence-electron chi connectivity index (χ2n) is 10.9. The predicted molar refractivity (Wildman–Crippen MR) is 173 cm³/mol. The smallest absolute Gasteiger partial charge is 0.223 e. The van der Waals surface area contributed by atoms with Gasteiger partial charge in [-0.2, -0.15) is 0 Å². The van der Waals surface area contributed by atoms with E-state index >= 15 is 0 Å². The Bertz CT molecular complexity index is 1030. The van der Waals surface area contributed by atoms with Crippen LogP contribution in [0.5, 0.6) is 5.75 Å². The first-order valence-corrected chi connectivity index (χ1v) is 16.8. The number of rotatable bonds is 20. The maximum absolute atomic E-state index is 12.4. The molecule has 6 heteroatoms. The molecule has 40 heavy (non-hydrogen) atoms. The van der Waals surface area contributed by atoms with Crippen LogP contribution in [0.4, 0.5) is 5.69 Å². The normalized spacial score (nSPS) is 12.7. The number of benzene rings is 2. The number of thioether (sulfide) groups is 1. The lowest BCUT2D eigenvalue weighted by Crippen LogP contribution is -2.30. The van der Waals surface area contributed by atoms with Crippen LogP contribution >= 0.6 is 23.4 Å². The highest BCUT2D eigenvalue weighted by Gasteiger charge is 2.13. The summed E-state index contributed by atoms with van der Waals surface area (Å²) in [6.07, 6.45) is 18.9. The second kappa shape index (κ2) is 19.1. The van der Waals surface area contributed by atoms with Gasteiger partial charge in [-0.15, -0.1) is 11.8 Å². The molecule has 1 heterocycles. The molecule has 1 aliphatic heterocycles. The minimum Gasteiger partial charge on any atom is -0.492 e. The van der Waals surface area contributed by atoms with Crippen LogP contribution in [0.3, 0.4) is 0 Å². The van der Waals surface area contributed by atoms with Gasteiger partial charge in [-0.1, -0.05) is 107 Å². The Balaban J connectivity index is 1.32. The van der Waals surface area contributed by atoms with Gasteiger partial charge in [0.25, 0.3) is 0 Å². The first kappa shape index (κ1) is 32.4. The number of unbranched alkanes of at least 4 members (excludes halogenated alkanes) is 11. The lowest BCUT2D eigenvalue weighted by molar-refractivity contribution is -0.116. The highest BCUT2D eigenvalue weighted by Crippen LogP contribution is 2.27. The topological polar surface area (TPSA) is 32.8 Å². The minimum atomic E-state index is 0.0417. The standard InChI is InChI=1S/C34H49ClN2O2S/c1-3-4-5-6-7-8-9-10-11-12-13-14-24-39-34-20-17-30(26-33(34)35)21-22-37(29(2)38)32-18-15-31(16-19-32)27-36-23-25-40-28-36/h15-20,23,25-26H,3-14,21-22,24,27-28H2,1-2H3. The maximum atomic E-state index is 12.4. The van der Waals surface area contributed by atoms with E-state index in [1.807, 2.05) is 29.2 Å². The molecule has 1 aliphatic rings. The van der Waals surface area contributed by atoms with Gasteiger partial charge in [-0.25, -0.2) is 0 Å². The van der Waals surface area contributed by atoms with Crippen molar-refractivity contribution in [2.24, 2.45) is 0 Å². The van der Waals surface area contributed by atoms with Crippen LogP contribution in [0, 0.1) is 0 Å². The van der Waals surface area contributed by atoms with Gasteiger partial charge in [-0.05, 0) is 53.6 Å². The van der Waals surface area contributed by atoms with E-state index in [1.165, 1.54) is 76.2 Å². The molecule has 0 saturated heterocycles. The fraction of sp³-hybridized carbons (Fsp3) is 0.559. The third-order valence-electron chi connectivity index (χ3n) is 7.50. The summed E-state index contributed by atoms with van der Waals surface area (Å²) in [5, 5.41) is 2.76. The molecule has 0 spiro atoms. The molecule has 0 unspecified atom stereocenters. The van der Waals surface area contributed by atoms with Crippen molar-refractivity contribution in [3.05, 3.63) is 70.2 Å². The molecule has 3 rings (SSSR count). The first-order chi connectivity index (χ1) is 19.6. The highest BCUT2D eigenvalue weighted by atomic mass is 35.5. The Kier molecular flexibility index (Phi) is 15.5. The summed E-state index contributed by atoms with van der Waals surface area (Å²) < 4.78 is 5.97. The van der Waals surface area contributed by atoms with E-state index in [0.29, 0.717) is 18.2 Å². The minimum absolute atomic E-state index is 0.0417. The molecule has 0 aromatic heterocycles. The molecule has 2 aromatic carbocycles. The van der Waals surface area contributed by atoms with E-state index in [0.717, 1.165) is 42.3 Å². The number of halogens is 1. The van der Waals surface area contributed by atoms with Gasteiger partial charge >= 0.3 is 0 Å². The number of carbonyl (C=O) groups excluding carboxylic acids is 1. The third-order valence-corrected chi connectivity index (χ3v) is 8.59. The Labute approximate surface area is 252 Å². The molecule has 4 nitrogen and oxygen atoms in total. The van der Waals surface area contributed by atoms with Gasteiger partial charge in [-0.3, -0.25) is 4.79 Å². The van der Waals surface area contributed by atoms with Crippen molar-refractivity contribution < 1.29 is 9.53 Å². The second-order valence-corrected chi connectivity index (χ2v) is 12.2. The molecule has 0 atom stereocenters. The highest BCUT2D eigenvalue weighted by molar-refractivity contribution is 8.02. The zero-order chi connectivity index (χ0) is 28.4. The SMILES string of the molecule is CCCCCCCCCCCCCCOc1ccc(CCN(C(C)=O)c2ccc(CN3C=CSC3)cc2)cc1Cl. The van der Waals surface area contributed by atoms with E-state index in [2.05, 4.69) is 41.6 Å². The van der Waals surface area contributed by atoms with Crippen LogP contribution in [0.25, 0.3) is 0 Å². The number of hydrogen-bond donors (Lipinski definition) is 0. The van der Waals surface area contributed by atoms with Crippen LogP contribution in [-0.4, -0.2) is 29.8 Å². The molecule has 0 N–H and O–H groups in total. The van der Waals surface area contributed by atoms with Gasteiger partial charge in [0, 0.05) is 31.9 Å². The molecule has 2 aromatic rings. The van der Waals surface area contributed by atoms with E-state index in [-0.39, 0.29) is 5.91 Å². The summed E-state index contributed by atoms with van der Waals surface area (Å²) in [4.78, 5) is 16.5. The summed E-state index contributed by atoms with van der Waals surface area (Å²) in [5.41, 5.74) is 3.27. The van der Waals surface area contributed by atoms with Gasteiger partial charge in [0.1, 0.15) is 5.75 Å². The Hall–Kier alpha value is -2.11. The number of nitrogens with zero attached hydrogens (tertiary/aromatic N) is 2. The van der Waals surface area contributed by atoms with E-state index < -0.39 is 0 Å². The number of carbonyl (C=O) groups is 1. The monoisotopic (exact) mass is 584 g/mol. The Morgan fingerprint density at radius 1 is 0.900 bits per heavy atom. The maximum Gasteiger partial charge on any atom is 0.223 e. The van der Waals surface area contributed by atoms with E-state index in [1.54, 1.807) is 18.7 Å². The fourth-order valence-electron chi connectivity index (χ4n) is 5.08. The largest absolute Gasteiger partial charge is 0.492 e.